The van der Waals surface area contributed by atoms with Crippen LogP contribution in [0.4, 0.5) is 0 Å². The van der Waals surface area contributed by atoms with Crippen LogP contribution in [0.15, 0.2) is 41.1 Å². The minimum Gasteiger partial charge on any atom is -0.480 e. The fourth-order valence-corrected chi connectivity index (χ4v) is 2.03. The topological polar surface area (TPSA) is 81.1 Å². The largest absolute Gasteiger partial charge is 0.480 e. The van der Waals surface area contributed by atoms with Crippen LogP contribution in [0.5, 0.6) is 0 Å². The molecular weight excluding hydrogens is 286 g/mol. The first-order valence-electron chi connectivity index (χ1n) is 4.87. The van der Waals surface area contributed by atoms with Gasteiger partial charge in [-0.1, -0.05) is 6.07 Å². The van der Waals surface area contributed by atoms with E-state index in [1.54, 1.807) is 35.3 Å². The Hall–Kier alpha value is -1.66. The monoisotopic (exact) mass is 295 g/mol. The number of nitrogens with zero attached hydrogens (tertiary/aromatic N) is 2. The van der Waals surface area contributed by atoms with E-state index in [9.17, 15) is 4.79 Å². The molecule has 0 fully saturated rings. The number of halogens is 1. The molecular formula is C11H10BrN3O2. The molecule has 2 aromatic rings. The predicted molar refractivity (Wildman–Crippen MR) is 65.8 cm³/mol. The number of carbonyl (C=O) groups is 1. The molecule has 0 saturated carbocycles. The third-order valence-corrected chi connectivity index (χ3v) is 2.98. The number of nitrogens with two attached hydrogens (primary N) is 1. The Bertz CT molecular complexity index is 540. The molecule has 0 spiro atoms. The van der Waals surface area contributed by atoms with Crippen LogP contribution in [0, 0.1) is 0 Å². The van der Waals surface area contributed by atoms with Crippen molar-refractivity contribution in [3.63, 3.8) is 0 Å². The van der Waals surface area contributed by atoms with Crippen LogP contribution >= 0.6 is 15.9 Å². The molecule has 0 amide bonds. The van der Waals surface area contributed by atoms with Gasteiger partial charge in [-0.15, -0.1) is 0 Å². The maximum Gasteiger partial charge on any atom is 0.325 e. The minimum absolute atomic E-state index is 0.542. The van der Waals surface area contributed by atoms with Gasteiger partial charge >= 0.3 is 5.97 Å². The Morgan fingerprint density at radius 2 is 2.29 bits per heavy atom. The normalized spacial score (nSPS) is 12.4. The third kappa shape index (κ3) is 2.37. The van der Waals surface area contributed by atoms with Crippen LogP contribution in [-0.2, 0) is 4.79 Å². The highest BCUT2D eigenvalue weighted by molar-refractivity contribution is 9.10. The summed E-state index contributed by atoms with van der Waals surface area (Å²) in [7, 11) is 0. The minimum atomic E-state index is -1.05. The van der Waals surface area contributed by atoms with Crippen LogP contribution < -0.4 is 5.73 Å². The fourth-order valence-electron chi connectivity index (χ4n) is 1.46. The summed E-state index contributed by atoms with van der Waals surface area (Å²) in [5.74, 6) is -1.05. The quantitative estimate of drug-likeness (QED) is 0.903. The third-order valence-electron chi connectivity index (χ3n) is 2.35. The zero-order valence-corrected chi connectivity index (χ0v) is 10.3. The smallest absolute Gasteiger partial charge is 0.325 e. The Morgan fingerprint density at radius 3 is 2.82 bits per heavy atom. The van der Waals surface area contributed by atoms with Gasteiger partial charge in [0.05, 0.1) is 5.69 Å². The molecule has 1 atom stereocenters. The van der Waals surface area contributed by atoms with Crippen molar-refractivity contribution < 1.29 is 9.90 Å². The number of hydrogen-bond donors (Lipinski definition) is 2. The molecule has 5 nitrogen and oxygen atoms in total. The molecule has 1 aromatic heterocycles. The Balaban J connectivity index is 2.39. The van der Waals surface area contributed by atoms with Crippen molar-refractivity contribution >= 4 is 21.9 Å². The summed E-state index contributed by atoms with van der Waals surface area (Å²) in [4.78, 5) is 10.8. The summed E-state index contributed by atoms with van der Waals surface area (Å²) >= 11 is 3.38. The summed E-state index contributed by atoms with van der Waals surface area (Å²) in [6, 6.07) is 5.94. The van der Waals surface area contributed by atoms with Crippen molar-refractivity contribution in [2.45, 2.75) is 6.04 Å². The first-order chi connectivity index (χ1) is 8.09. The lowest BCUT2D eigenvalue weighted by molar-refractivity contribution is -0.138. The van der Waals surface area contributed by atoms with E-state index in [2.05, 4.69) is 21.0 Å². The summed E-state index contributed by atoms with van der Waals surface area (Å²) in [6.45, 7) is 0. The van der Waals surface area contributed by atoms with E-state index in [1.165, 1.54) is 0 Å². The molecule has 1 heterocycles. The Morgan fingerprint density at radius 1 is 1.53 bits per heavy atom. The van der Waals surface area contributed by atoms with E-state index >= 15 is 0 Å². The molecule has 6 heteroatoms. The zero-order chi connectivity index (χ0) is 12.4. The van der Waals surface area contributed by atoms with Gasteiger partial charge in [0.1, 0.15) is 6.04 Å². The molecule has 17 heavy (non-hydrogen) atoms. The van der Waals surface area contributed by atoms with Gasteiger partial charge in [0.25, 0.3) is 0 Å². The Kier molecular flexibility index (Phi) is 3.26. The number of aromatic nitrogens is 2. The van der Waals surface area contributed by atoms with Crippen LogP contribution in [-0.4, -0.2) is 20.9 Å². The summed E-state index contributed by atoms with van der Waals surface area (Å²) in [6.07, 6.45) is 3.47. The van der Waals surface area contributed by atoms with Crippen molar-refractivity contribution in [3.8, 4) is 5.69 Å². The van der Waals surface area contributed by atoms with Gasteiger partial charge in [0.2, 0.25) is 0 Å². The molecule has 1 unspecified atom stereocenters. The maximum absolute atomic E-state index is 10.8. The fraction of sp³-hybridized carbons (Fsp3) is 0.0909. The molecule has 0 aliphatic heterocycles. The van der Waals surface area contributed by atoms with Crippen molar-refractivity contribution in [1.82, 2.24) is 9.78 Å². The average Bonchev–Trinajstić information content (AvgIpc) is 2.81. The van der Waals surface area contributed by atoms with Crippen molar-refractivity contribution in [3.05, 3.63) is 46.7 Å². The van der Waals surface area contributed by atoms with E-state index in [4.69, 9.17) is 10.8 Å². The predicted octanol–water partition coefficient (Wildman–Crippen LogP) is 1.72. The first kappa shape index (κ1) is 11.8. The summed E-state index contributed by atoms with van der Waals surface area (Å²) in [5.41, 5.74) is 6.90. The van der Waals surface area contributed by atoms with Crippen LogP contribution in [0.3, 0.4) is 0 Å². The molecule has 88 valence electrons. The van der Waals surface area contributed by atoms with Crippen LogP contribution in [0.2, 0.25) is 0 Å². The van der Waals surface area contributed by atoms with E-state index in [0.717, 1.165) is 10.2 Å². The standard InChI is InChI=1S/C11H10BrN3O2/c12-8-6-7(10(13)11(16)17)2-3-9(8)15-5-1-4-14-15/h1-6,10H,13H2,(H,16,17). The van der Waals surface area contributed by atoms with Gasteiger partial charge in [0.15, 0.2) is 0 Å². The van der Waals surface area contributed by atoms with E-state index in [-0.39, 0.29) is 0 Å². The molecule has 0 aliphatic rings. The van der Waals surface area contributed by atoms with E-state index < -0.39 is 12.0 Å². The molecule has 0 aliphatic carbocycles. The van der Waals surface area contributed by atoms with Crippen molar-refractivity contribution in [1.29, 1.82) is 0 Å². The lowest BCUT2D eigenvalue weighted by atomic mass is 10.1. The zero-order valence-electron chi connectivity index (χ0n) is 8.75. The maximum atomic E-state index is 10.8. The summed E-state index contributed by atoms with van der Waals surface area (Å²) < 4.78 is 2.43. The van der Waals surface area contributed by atoms with E-state index in [1.807, 2.05) is 6.07 Å². The van der Waals surface area contributed by atoms with Crippen molar-refractivity contribution in [2.75, 3.05) is 0 Å². The van der Waals surface area contributed by atoms with Gasteiger partial charge in [-0.25, -0.2) is 4.68 Å². The highest BCUT2D eigenvalue weighted by Crippen LogP contribution is 2.24. The molecule has 2 rings (SSSR count). The van der Waals surface area contributed by atoms with Crippen LogP contribution in [0.25, 0.3) is 5.69 Å². The molecule has 0 saturated heterocycles. The average molecular weight is 296 g/mol. The highest BCUT2D eigenvalue weighted by Gasteiger charge is 2.15. The SMILES string of the molecule is NC(C(=O)O)c1ccc(-n2cccn2)c(Br)c1. The molecule has 1 aromatic carbocycles. The van der Waals surface area contributed by atoms with Crippen molar-refractivity contribution in [2.24, 2.45) is 5.73 Å². The Labute approximate surface area is 106 Å². The van der Waals surface area contributed by atoms with Gasteiger partial charge < -0.3 is 10.8 Å². The van der Waals surface area contributed by atoms with E-state index in [0.29, 0.717) is 5.56 Å². The van der Waals surface area contributed by atoms with Crippen LogP contribution in [0.1, 0.15) is 11.6 Å². The number of hydrogen-bond acceptors (Lipinski definition) is 3. The number of carboxylic acid groups (broad SMARTS) is 1. The lowest BCUT2D eigenvalue weighted by Crippen LogP contribution is -2.20. The van der Waals surface area contributed by atoms with Gasteiger partial charge in [-0.05, 0) is 39.7 Å². The number of rotatable bonds is 3. The van der Waals surface area contributed by atoms with Gasteiger partial charge in [0, 0.05) is 16.9 Å². The molecule has 0 bridgehead atoms. The summed E-state index contributed by atoms with van der Waals surface area (Å²) in [5, 5.41) is 12.9. The van der Waals surface area contributed by atoms with Gasteiger partial charge in [-0.2, -0.15) is 5.10 Å². The second-order valence-electron chi connectivity index (χ2n) is 3.48. The number of benzene rings is 1. The second kappa shape index (κ2) is 4.68. The first-order valence-corrected chi connectivity index (χ1v) is 5.67. The highest BCUT2D eigenvalue weighted by atomic mass is 79.9. The number of carboxylic acids is 1. The number of aliphatic carboxylic acids is 1. The second-order valence-corrected chi connectivity index (χ2v) is 4.33. The molecule has 0 radical (unpaired) electrons. The lowest BCUT2D eigenvalue weighted by Gasteiger charge is -2.10. The molecule has 3 N–H and O–H groups in total. The van der Waals surface area contributed by atoms with Gasteiger partial charge in [-0.3, -0.25) is 4.79 Å².